The molecule has 2 aromatic rings. The lowest BCUT2D eigenvalue weighted by Gasteiger charge is -2.26. The molecule has 1 heterocycles. The molecule has 1 aromatic heterocycles. The van der Waals surface area contributed by atoms with E-state index in [1.165, 1.54) is 6.07 Å². The van der Waals surface area contributed by atoms with Crippen LogP contribution in [0, 0.1) is 0 Å². The number of aromatic amines is 1. The van der Waals surface area contributed by atoms with Crippen molar-refractivity contribution in [1.82, 2.24) is 15.8 Å². The van der Waals surface area contributed by atoms with Gasteiger partial charge in [0.05, 0.1) is 0 Å². The first-order valence-corrected chi connectivity index (χ1v) is 7.97. The zero-order valence-electron chi connectivity index (χ0n) is 12.2. The van der Waals surface area contributed by atoms with Crippen molar-refractivity contribution < 1.29 is 14.7 Å². The molecule has 1 aromatic carbocycles. The van der Waals surface area contributed by atoms with Gasteiger partial charge in [0.15, 0.2) is 5.60 Å². The van der Waals surface area contributed by atoms with E-state index >= 15 is 0 Å². The third kappa shape index (κ3) is 3.93. The highest BCUT2D eigenvalue weighted by Gasteiger charge is 2.36. The number of carbonyl (C=O) groups excluding carboxylic acids is 2. The number of amides is 2. The van der Waals surface area contributed by atoms with Crippen LogP contribution in [-0.4, -0.2) is 21.9 Å². The zero-order valence-corrected chi connectivity index (χ0v) is 14.5. The Bertz CT molecular complexity index is 734. The van der Waals surface area contributed by atoms with E-state index in [1.54, 1.807) is 37.4 Å². The number of carbonyl (C=O) groups is 2. The van der Waals surface area contributed by atoms with Gasteiger partial charge in [0.25, 0.3) is 11.8 Å². The van der Waals surface area contributed by atoms with Crippen molar-refractivity contribution in [3.63, 3.8) is 0 Å². The van der Waals surface area contributed by atoms with Crippen LogP contribution in [0.2, 0.25) is 5.02 Å². The fourth-order valence-electron chi connectivity index (χ4n) is 2.02. The van der Waals surface area contributed by atoms with Gasteiger partial charge in [-0.15, -0.1) is 0 Å². The molecule has 1 atom stereocenters. The molecule has 0 aliphatic heterocycles. The lowest BCUT2D eigenvalue weighted by atomic mass is 9.90. The number of H-pyrrole nitrogens is 1. The highest BCUT2D eigenvalue weighted by Crippen LogP contribution is 2.27. The van der Waals surface area contributed by atoms with Gasteiger partial charge < -0.3 is 10.1 Å². The van der Waals surface area contributed by atoms with Gasteiger partial charge in [0.2, 0.25) is 0 Å². The minimum atomic E-state index is -1.80. The minimum Gasteiger partial charge on any atom is -0.375 e. The molecule has 0 spiro atoms. The molecule has 0 bridgehead atoms. The van der Waals surface area contributed by atoms with E-state index in [4.69, 9.17) is 11.6 Å². The zero-order chi connectivity index (χ0) is 17.0. The van der Waals surface area contributed by atoms with E-state index in [0.717, 1.165) is 0 Å². The molecule has 0 unspecified atom stereocenters. The number of halogens is 2. The standard InChI is InChI=1S/C15H15BrClN3O3/c1-2-15(23,9-4-3-5-11(17)6-9)14(22)20-19-13(21)12-7-10(16)8-18-12/h3-8,18,23H,2H2,1H3,(H,19,21)(H,20,22)/t15-/m0/s1. The summed E-state index contributed by atoms with van der Waals surface area (Å²) in [4.78, 5) is 26.9. The largest absolute Gasteiger partial charge is 0.375 e. The molecule has 0 radical (unpaired) electrons. The second kappa shape index (κ2) is 7.16. The van der Waals surface area contributed by atoms with E-state index in [9.17, 15) is 14.7 Å². The normalized spacial score (nSPS) is 13.2. The smallest absolute Gasteiger partial charge is 0.286 e. The van der Waals surface area contributed by atoms with Crippen molar-refractivity contribution in [3.05, 3.63) is 57.3 Å². The van der Waals surface area contributed by atoms with Crippen molar-refractivity contribution in [2.24, 2.45) is 0 Å². The Kier molecular flexibility index (Phi) is 5.46. The quantitative estimate of drug-likeness (QED) is 0.594. The van der Waals surface area contributed by atoms with Crippen molar-refractivity contribution in [2.75, 3.05) is 0 Å². The van der Waals surface area contributed by atoms with Gasteiger partial charge >= 0.3 is 0 Å². The molecule has 0 fully saturated rings. The number of aliphatic hydroxyl groups is 1. The van der Waals surface area contributed by atoms with Crippen LogP contribution in [0.15, 0.2) is 41.0 Å². The average Bonchev–Trinajstić information content (AvgIpc) is 2.98. The van der Waals surface area contributed by atoms with Gasteiger partial charge in [0.1, 0.15) is 5.69 Å². The second-order valence-electron chi connectivity index (χ2n) is 4.86. The molecular formula is C15H15BrClN3O3. The number of benzene rings is 1. The Balaban J connectivity index is 2.09. The fraction of sp³-hybridized carbons (Fsp3) is 0.200. The third-order valence-electron chi connectivity index (χ3n) is 3.37. The van der Waals surface area contributed by atoms with Crippen LogP contribution in [0.25, 0.3) is 0 Å². The first-order chi connectivity index (χ1) is 10.9. The predicted molar refractivity (Wildman–Crippen MR) is 89.7 cm³/mol. The summed E-state index contributed by atoms with van der Waals surface area (Å²) in [6.45, 7) is 1.66. The maximum Gasteiger partial charge on any atom is 0.286 e. The fourth-order valence-corrected chi connectivity index (χ4v) is 2.56. The van der Waals surface area contributed by atoms with Crippen molar-refractivity contribution >= 4 is 39.3 Å². The lowest BCUT2D eigenvalue weighted by molar-refractivity contribution is -0.142. The van der Waals surface area contributed by atoms with Gasteiger partial charge in [-0.05, 0) is 46.1 Å². The van der Waals surface area contributed by atoms with E-state index in [2.05, 4.69) is 31.8 Å². The van der Waals surface area contributed by atoms with Crippen molar-refractivity contribution in [1.29, 1.82) is 0 Å². The molecule has 4 N–H and O–H groups in total. The number of hydrogen-bond acceptors (Lipinski definition) is 3. The molecule has 122 valence electrons. The van der Waals surface area contributed by atoms with Crippen molar-refractivity contribution in [3.8, 4) is 0 Å². The van der Waals surface area contributed by atoms with Crippen LogP contribution in [0.4, 0.5) is 0 Å². The van der Waals surface area contributed by atoms with Gasteiger partial charge in [-0.25, -0.2) is 0 Å². The number of hydrogen-bond donors (Lipinski definition) is 4. The molecule has 0 saturated carbocycles. The van der Waals surface area contributed by atoms with Crippen LogP contribution < -0.4 is 10.9 Å². The van der Waals surface area contributed by atoms with Gasteiger partial charge in [-0.1, -0.05) is 30.7 Å². The maximum atomic E-state index is 12.3. The van der Waals surface area contributed by atoms with E-state index < -0.39 is 17.4 Å². The number of nitrogens with one attached hydrogen (secondary N) is 3. The van der Waals surface area contributed by atoms with E-state index in [-0.39, 0.29) is 12.1 Å². The summed E-state index contributed by atoms with van der Waals surface area (Å²) in [7, 11) is 0. The molecule has 23 heavy (non-hydrogen) atoms. The van der Waals surface area contributed by atoms with Crippen LogP contribution in [0.1, 0.15) is 29.4 Å². The topological polar surface area (TPSA) is 94.2 Å². The molecule has 8 heteroatoms. The molecule has 2 amide bonds. The van der Waals surface area contributed by atoms with E-state index in [1.807, 2.05) is 0 Å². The molecule has 0 aliphatic carbocycles. The van der Waals surface area contributed by atoms with Gasteiger partial charge in [0, 0.05) is 15.7 Å². The number of rotatable bonds is 4. The summed E-state index contributed by atoms with van der Waals surface area (Å²) in [5.41, 5.74) is 3.30. The number of aromatic nitrogens is 1. The first kappa shape index (κ1) is 17.5. The average molecular weight is 401 g/mol. The lowest BCUT2D eigenvalue weighted by Crippen LogP contribution is -2.51. The van der Waals surface area contributed by atoms with Crippen LogP contribution >= 0.6 is 27.5 Å². The molecule has 2 rings (SSSR count). The predicted octanol–water partition coefficient (Wildman–Crippen LogP) is 2.49. The Morgan fingerprint density at radius 2 is 2.09 bits per heavy atom. The summed E-state index contributed by atoms with van der Waals surface area (Å²) in [5.74, 6) is -1.28. The molecular weight excluding hydrogens is 386 g/mol. The Morgan fingerprint density at radius 3 is 2.65 bits per heavy atom. The first-order valence-electron chi connectivity index (χ1n) is 6.80. The van der Waals surface area contributed by atoms with E-state index in [0.29, 0.717) is 15.1 Å². The molecule has 6 nitrogen and oxygen atoms in total. The molecule has 0 aliphatic rings. The SMILES string of the molecule is CC[C@@](O)(C(=O)NNC(=O)c1cc(Br)c[nH]1)c1cccc(Cl)c1. The monoisotopic (exact) mass is 399 g/mol. The Labute approximate surface area is 146 Å². The van der Waals surface area contributed by atoms with Crippen LogP contribution in [0.3, 0.4) is 0 Å². The van der Waals surface area contributed by atoms with Crippen molar-refractivity contribution in [2.45, 2.75) is 18.9 Å². The maximum absolute atomic E-state index is 12.3. The summed E-state index contributed by atoms with van der Waals surface area (Å²) in [6, 6.07) is 7.95. The highest BCUT2D eigenvalue weighted by atomic mass is 79.9. The summed E-state index contributed by atoms with van der Waals surface area (Å²) < 4.78 is 0.706. The van der Waals surface area contributed by atoms with Crippen LogP contribution in [-0.2, 0) is 10.4 Å². The Hall–Kier alpha value is -1.83. The summed E-state index contributed by atoms with van der Waals surface area (Å²) in [6.07, 6.45) is 1.70. The van der Waals surface area contributed by atoms with Gasteiger partial charge in [-0.3, -0.25) is 20.4 Å². The second-order valence-corrected chi connectivity index (χ2v) is 6.22. The number of hydrazine groups is 1. The summed E-state index contributed by atoms with van der Waals surface area (Å²) >= 11 is 9.11. The molecule has 0 saturated heterocycles. The Morgan fingerprint density at radius 1 is 1.35 bits per heavy atom. The summed E-state index contributed by atoms with van der Waals surface area (Å²) in [5, 5.41) is 11.0. The minimum absolute atomic E-state index is 0.114. The van der Waals surface area contributed by atoms with Gasteiger partial charge in [-0.2, -0.15) is 0 Å². The highest BCUT2D eigenvalue weighted by molar-refractivity contribution is 9.10. The van der Waals surface area contributed by atoms with Crippen LogP contribution in [0.5, 0.6) is 0 Å². The third-order valence-corrected chi connectivity index (χ3v) is 4.06.